The van der Waals surface area contributed by atoms with Crippen LogP contribution in [0.5, 0.6) is 0 Å². The first-order chi connectivity index (χ1) is 9.78. The molecular weight excluding hydrogens is 272 g/mol. The van der Waals surface area contributed by atoms with Crippen LogP contribution < -0.4 is 0 Å². The Morgan fingerprint density at radius 2 is 2.00 bits per heavy atom. The summed E-state index contributed by atoms with van der Waals surface area (Å²) in [6, 6.07) is 8.30. The fourth-order valence-electron chi connectivity index (χ4n) is 2.86. The third-order valence-corrected chi connectivity index (χ3v) is 5.33. The monoisotopic (exact) mass is 292 g/mol. The van der Waals surface area contributed by atoms with Gasteiger partial charge in [-0.25, -0.2) is 0 Å². The number of benzene rings is 1. The lowest BCUT2D eigenvalue weighted by molar-refractivity contribution is -0.132. The number of β-amino-alcohol motifs (C(OH)–C–C–N with tert-alkyl or cyclic N) is 1. The number of rotatable bonds is 3. The van der Waals surface area contributed by atoms with Crippen LogP contribution in [0.4, 0.5) is 0 Å². The van der Waals surface area contributed by atoms with Crippen LogP contribution in [0.1, 0.15) is 5.56 Å². The molecule has 0 spiro atoms. The third-order valence-electron chi connectivity index (χ3n) is 4.02. The van der Waals surface area contributed by atoms with Crippen LogP contribution in [0.15, 0.2) is 29.2 Å². The summed E-state index contributed by atoms with van der Waals surface area (Å²) in [4.78, 5) is 18.0. The van der Waals surface area contributed by atoms with Gasteiger partial charge in [0.15, 0.2) is 0 Å². The molecular formula is C15H20N2O2S. The van der Waals surface area contributed by atoms with Crippen LogP contribution in [0.2, 0.25) is 0 Å². The van der Waals surface area contributed by atoms with Crippen LogP contribution in [0.25, 0.3) is 0 Å². The van der Waals surface area contributed by atoms with E-state index >= 15 is 0 Å². The third kappa shape index (κ3) is 2.85. The number of piperazine rings is 1. The molecule has 1 N–H and O–H groups in total. The van der Waals surface area contributed by atoms with Crippen LogP contribution in [0, 0.1) is 0 Å². The van der Waals surface area contributed by atoms with Crippen LogP contribution >= 0.6 is 11.8 Å². The standard InChI is InChI=1S/C15H20N2O2S/c18-10-9-16-5-7-17(8-6-16)15(19)14-11-12-3-1-2-4-13(12)20-14/h1-4,14,18H,5-11H2. The summed E-state index contributed by atoms with van der Waals surface area (Å²) in [5.74, 6) is 0.273. The molecule has 108 valence electrons. The highest BCUT2D eigenvalue weighted by Gasteiger charge is 2.32. The van der Waals surface area contributed by atoms with Crippen molar-refractivity contribution in [1.29, 1.82) is 0 Å². The van der Waals surface area contributed by atoms with E-state index in [9.17, 15) is 4.79 Å². The van der Waals surface area contributed by atoms with Crippen molar-refractivity contribution in [1.82, 2.24) is 9.80 Å². The van der Waals surface area contributed by atoms with E-state index < -0.39 is 0 Å². The molecule has 1 aromatic rings. The van der Waals surface area contributed by atoms with Crippen molar-refractivity contribution in [2.45, 2.75) is 16.6 Å². The Kier molecular flexibility index (Phi) is 4.29. The lowest BCUT2D eigenvalue weighted by Gasteiger charge is -2.35. The lowest BCUT2D eigenvalue weighted by Crippen LogP contribution is -2.51. The number of hydrogen-bond donors (Lipinski definition) is 1. The van der Waals surface area contributed by atoms with Crippen LogP contribution in [-0.2, 0) is 11.2 Å². The van der Waals surface area contributed by atoms with Gasteiger partial charge in [0.25, 0.3) is 0 Å². The summed E-state index contributed by atoms with van der Waals surface area (Å²) < 4.78 is 0. The predicted octanol–water partition coefficient (Wildman–Crippen LogP) is 0.840. The molecule has 1 saturated heterocycles. The number of amides is 1. The summed E-state index contributed by atoms with van der Waals surface area (Å²) in [6.07, 6.45) is 0.858. The molecule has 3 rings (SSSR count). The highest BCUT2D eigenvalue weighted by molar-refractivity contribution is 8.01. The van der Waals surface area contributed by atoms with Gasteiger partial charge in [0.05, 0.1) is 11.9 Å². The van der Waals surface area contributed by atoms with Crippen LogP contribution in [0.3, 0.4) is 0 Å². The highest BCUT2D eigenvalue weighted by atomic mass is 32.2. The fraction of sp³-hybridized carbons (Fsp3) is 0.533. The Labute approximate surface area is 123 Å². The van der Waals surface area contributed by atoms with Gasteiger partial charge < -0.3 is 10.0 Å². The van der Waals surface area contributed by atoms with Crippen molar-refractivity contribution < 1.29 is 9.90 Å². The SMILES string of the molecule is O=C(C1Cc2ccccc2S1)N1CCN(CCO)CC1. The first kappa shape index (κ1) is 13.9. The summed E-state index contributed by atoms with van der Waals surface area (Å²) in [5, 5.41) is 8.99. The van der Waals surface area contributed by atoms with E-state index in [1.807, 2.05) is 17.0 Å². The molecule has 1 unspecified atom stereocenters. The summed E-state index contributed by atoms with van der Waals surface area (Å²) >= 11 is 1.70. The number of carbonyl (C=O) groups excluding carboxylic acids is 1. The zero-order valence-electron chi connectivity index (χ0n) is 11.5. The minimum atomic E-state index is 0.0526. The molecule has 2 heterocycles. The van der Waals surface area contributed by atoms with Gasteiger partial charge in [-0.15, -0.1) is 11.8 Å². The van der Waals surface area contributed by atoms with Crippen LogP contribution in [-0.4, -0.2) is 65.4 Å². The minimum Gasteiger partial charge on any atom is -0.395 e. The molecule has 0 aromatic heterocycles. The molecule has 4 nitrogen and oxygen atoms in total. The predicted molar refractivity (Wildman–Crippen MR) is 79.9 cm³/mol. The first-order valence-electron chi connectivity index (χ1n) is 7.14. The highest BCUT2D eigenvalue weighted by Crippen LogP contribution is 2.37. The number of fused-ring (bicyclic) bond motifs is 1. The van der Waals surface area contributed by atoms with E-state index in [2.05, 4.69) is 17.0 Å². The summed E-state index contributed by atoms with van der Waals surface area (Å²) in [6.45, 7) is 4.22. The number of carbonyl (C=O) groups is 1. The van der Waals surface area contributed by atoms with Crippen molar-refractivity contribution >= 4 is 17.7 Å². The van der Waals surface area contributed by atoms with Gasteiger partial charge in [-0.3, -0.25) is 9.69 Å². The molecule has 0 radical (unpaired) electrons. The van der Waals surface area contributed by atoms with Gasteiger partial charge in [-0.2, -0.15) is 0 Å². The van der Waals surface area contributed by atoms with E-state index in [0.29, 0.717) is 6.54 Å². The average Bonchev–Trinajstić information content (AvgIpc) is 2.91. The maximum absolute atomic E-state index is 12.6. The van der Waals surface area contributed by atoms with Crippen molar-refractivity contribution in [3.8, 4) is 0 Å². The van der Waals surface area contributed by atoms with E-state index in [0.717, 1.165) is 32.6 Å². The zero-order valence-corrected chi connectivity index (χ0v) is 12.3. The van der Waals surface area contributed by atoms with Gasteiger partial charge in [0.2, 0.25) is 5.91 Å². The second-order valence-corrected chi connectivity index (χ2v) is 6.55. The van der Waals surface area contributed by atoms with Crippen molar-refractivity contribution in [3.05, 3.63) is 29.8 Å². The van der Waals surface area contributed by atoms with Gasteiger partial charge in [0, 0.05) is 37.6 Å². The Hall–Kier alpha value is -1.04. The summed E-state index contributed by atoms with van der Waals surface area (Å²) in [5.41, 5.74) is 1.30. The molecule has 2 aliphatic rings. The number of aliphatic hydroxyl groups is 1. The topological polar surface area (TPSA) is 43.8 Å². The first-order valence-corrected chi connectivity index (χ1v) is 8.02. The Morgan fingerprint density at radius 3 is 2.70 bits per heavy atom. The van der Waals surface area contributed by atoms with E-state index in [-0.39, 0.29) is 17.8 Å². The minimum absolute atomic E-state index is 0.0526. The number of nitrogens with zero attached hydrogens (tertiary/aromatic N) is 2. The van der Waals surface area contributed by atoms with E-state index in [1.54, 1.807) is 11.8 Å². The molecule has 1 aromatic carbocycles. The van der Waals surface area contributed by atoms with Crippen molar-refractivity contribution in [3.63, 3.8) is 0 Å². The molecule has 2 aliphatic heterocycles. The Balaban J connectivity index is 1.56. The molecule has 20 heavy (non-hydrogen) atoms. The molecule has 1 fully saturated rings. The average molecular weight is 292 g/mol. The maximum atomic E-state index is 12.6. The lowest BCUT2D eigenvalue weighted by atomic mass is 10.1. The second kappa shape index (κ2) is 6.16. The zero-order chi connectivity index (χ0) is 13.9. The van der Waals surface area contributed by atoms with Crippen molar-refractivity contribution in [2.24, 2.45) is 0 Å². The molecule has 0 bridgehead atoms. The molecule has 5 heteroatoms. The largest absolute Gasteiger partial charge is 0.395 e. The van der Waals surface area contributed by atoms with Gasteiger partial charge in [0.1, 0.15) is 0 Å². The fourth-order valence-corrected chi connectivity index (χ4v) is 4.14. The summed E-state index contributed by atoms with van der Waals surface area (Å²) in [7, 11) is 0. The van der Waals surface area contributed by atoms with E-state index in [1.165, 1.54) is 10.5 Å². The number of hydrogen-bond acceptors (Lipinski definition) is 4. The molecule has 1 atom stereocenters. The molecule has 0 aliphatic carbocycles. The van der Waals surface area contributed by atoms with E-state index in [4.69, 9.17) is 5.11 Å². The van der Waals surface area contributed by atoms with Gasteiger partial charge in [-0.1, -0.05) is 18.2 Å². The number of thioether (sulfide) groups is 1. The smallest absolute Gasteiger partial charge is 0.236 e. The Bertz CT molecular complexity index is 462. The molecule has 0 saturated carbocycles. The number of aliphatic hydroxyl groups excluding tert-OH is 1. The Morgan fingerprint density at radius 1 is 1.25 bits per heavy atom. The van der Waals surface area contributed by atoms with Gasteiger partial charge >= 0.3 is 0 Å². The van der Waals surface area contributed by atoms with Crippen molar-refractivity contribution in [2.75, 3.05) is 39.3 Å². The second-order valence-electron chi connectivity index (χ2n) is 5.31. The maximum Gasteiger partial charge on any atom is 0.236 e. The van der Waals surface area contributed by atoms with Gasteiger partial charge in [-0.05, 0) is 18.1 Å². The molecule has 1 amide bonds. The normalized spacial score (nSPS) is 22.9. The quantitative estimate of drug-likeness (QED) is 0.896.